The fourth-order valence-electron chi connectivity index (χ4n) is 2.20. The Hall–Kier alpha value is -2.14. The third-order valence-corrected chi connectivity index (χ3v) is 7.12. The van der Waals surface area contributed by atoms with Crippen molar-refractivity contribution in [1.29, 1.82) is 0 Å². The van der Waals surface area contributed by atoms with Crippen LogP contribution in [-0.2, 0) is 10.0 Å². The van der Waals surface area contributed by atoms with E-state index in [1.165, 1.54) is 53.4 Å². The molecule has 11 heteroatoms. The quantitative estimate of drug-likeness (QED) is 0.426. The van der Waals surface area contributed by atoms with Crippen molar-refractivity contribution >= 4 is 61.4 Å². The molecule has 1 amide bonds. The van der Waals surface area contributed by atoms with Gasteiger partial charge in [0.2, 0.25) is 5.13 Å². The highest BCUT2D eigenvalue weighted by Crippen LogP contribution is 2.26. The average Bonchev–Trinajstić information content (AvgIpc) is 3.09. The van der Waals surface area contributed by atoms with Crippen LogP contribution < -0.4 is 10.0 Å². The van der Waals surface area contributed by atoms with Gasteiger partial charge < -0.3 is 0 Å². The number of nitrogens with zero attached hydrogens (tertiary/aromatic N) is 2. The summed E-state index contributed by atoms with van der Waals surface area (Å²) >= 11 is 8.86. The van der Waals surface area contributed by atoms with Crippen molar-refractivity contribution in [3.63, 3.8) is 0 Å². The first-order chi connectivity index (χ1) is 13.3. The first kappa shape index (κ1) is 20.6. The van der Waals surface area contributed by atoms with E-state index < -0.39 is 15.9 Å². The predicted molar refractivity (Wildman–Crippen MR) is 113 cm³/mol. The first-order valence-electron chi connectivity index (χ1n) is 7.86. The molecule has 0 fully saturated rings. The Labute approximate surface area is 175 Å². The highest BCUT2D eigenvalue weighted by Gasteiger charge is 2.17. The zero-order valence-corrected chi connectivity index (χ0v) is 18.0. The minimum absolute atomic E-state index is 0.108. The van der Waals surface area contributed by atoms with Crippen molar-refractivity contribution in [2.75, 3.05) is 16.3 Å². The molecule has 0 spiro atoms. The number of halogens is 1. The molecule has 3 rings (SSSR count). The molecule has 0 aliphatic carbocycles. The zero-order valence-electron chi connectivity index (χ0n) is 14.8. The summed E-state index contributed by atoms with van der Waals surface area (Å²) in [7, 11) is -3.76. The number of rotatable bonds is 6. The van der Waals surface area contributed by atoms with E-state index >= 15 is 0 Å². The minimum Gasteiger partial charge on any atom is -0.296 e. The smallest absolute Gasteiger partial charge is 0.261 e. The van der Waals surface area contributed by atoms with E-state index in [-0.39, 0.29) is 21.2 Å². The van der Waals surface area contributed by atoms with Gasteiger partial charge in [-0.25, -0.2) is 8.42 Å². The highest BCUT2D eigenvalue weighted by molar-refractivity contribution is 8.00. The lowest BCUT2D eigenvalue weighted by atomic mass is 10.2. The molecule has 28 heavy (non-hydrogen) atoms. The number of nitrogens with one attached hydrogen (secondary N) is 2. The van der Waals surface area contributed by atoms with Gasteiger partial charge in [0.1, 0.15) is 0 Å². The van der Waals surface area contributed by atoms with Crippen molar-refractivity contribution in [1.82, 2.24) is 10.2 Å². The summed E-state index contributed by atoms with van der Waals surface area (Å²) in [6, 6.07) is 10.8. The van der Waals surface area contributed by atoms with E-state index in [0.29, 0.717) is 5.13 Å². The van der Waals surface area contributed by atoms with Gasteiger partial charge in [-0.2, -0.15) is 0 Å². The summed E-state index contributed by atoms with van der Waals surface area (Å²) in [5.41, 5.74) is 1.40. The lowest BCUT2D eigenvalue weighted by Crippen LogP contribution is -2.14. The van der Waals surface area contributed by atoms with E-state index in [0.717, 1.165) is 9.90 Å². The number of benzene rings is 2. The van der Waals surface area contributed by atoms with Crippen molar-refractivity contribution < 1.29 is 13.2 Å². The standard InChI is InChI=1S/C17H15ClN4O3S3/c1-10-3-6-12(7-4-10)28(24,25)22-11-5-8-13(14(18)9-11)15(23)19-16-20-21-17(26-2)27-16/h3-9,22H,1-2H3,(H,19,20,23). The summed E-state index contributed by atoms with van der Waals surface area (Å²) in [6.45, 7) is 1.87. The van der Waals surface area contributed by atoms with Crippen LogP contribution in [0.2, 0.25) is 5.02 Å². The second-order valence-corrected chi connectivity index (χ2v) is 9.77. The number of carbonyl (C=O) groups is 1. The number of hydrogen-bond acceptors (Lipinski definition) is 7. The zero-order chi connectivity index (χ0) is 20.3. The summed E-state index contributed by atoms with van der Waals surface area (Å²) in [5, 5.41) is 10.9. The normalized spacial score (nSPS) is 11.2. The molecule has 0 atom stereocenters. The number of sulfonamides is 1. The number of thioether (sulfide) groups is 1. The molecule has 0 radical (unpaired) electrons. The van der Waals surface area contributed by atoms with Crippen LogP contribution in [0.25, 0.3) is 0 Å². The van der Waals surface area contributed by atoms with Gasteiger partial charge >= 0.3 is 0 Å². The van der Waals surface area contributed by atoms with E-state index in [9.17, 15) is 13.2 Å². The maximum atomic E-state index is 12.5. The van der Waals surface area contributed by atoms with Gasteiger partial charge in [-0.15, -0.1) is 10.2 Å². The number of anilines is 2. The van der Waals surface area contributed by atoms with Gasteiger partial charge in [-0.05, 0) is 43.5 Å². The van der Waals surface area contributed by atoms with Crippen LogP contribution >= 0.6 is 34.7 Å². The first-order valence-corrected chi connectivity index (χ1v) is 11.8. The third-order valence-electron chi connectivity index (χ3n) is 3.60. The molecule has 2 aromatic carbocycles. The molecule has 0 saturated heterocycles. The van der Waals surface area contributed by atoms with Gasteiger partial charge in [0.05, 0.1) is 21.2 Å². The average molecular weight is 455 g/mol. The lowest BCUT2D eigenvalue weighted by molar-refractivity contribution is 0.102. The molecular formula is C17H15ClN4O3S3. The molecule has 0 aliphatic heterocycles. The third kappa shape index (κ3) is 4.82. The van der Waals surface area contributed by atoms with Crippen LogP contribution in [0.1, 0.15) is 15.9 Å². The lowest BCUT2D eigenvalue weighted by Gasteiger charge is -2.10. The van der Waals surface area contributed by atoms with Crippen LogP contribution in [-0.4, -0.2) is 30.8 Å². The largest absolute Gasteiger partial charge is 0.296 e. The molecule has 0 bridgehead atoms. The van der Waals surface area contributed by atoms with E-state index in [2.05, 4.69) is 20.2 Å². The van der Waals surface area contributed by atoms with Crippen molar-refractivity contribution in [3.05, 3.63) is 58.6 Å². The number of hydrogen-bond donors (Lipinski definition) is 2. The van der Waals surface area contributed by atoms with E-state index in [1.54, 1.807) is 12.1 Å². The Bertz CT molecular complexity index is 1110. The molecule has 7 nitrogen and oxygen atoms in total. The highest BCUT2D eigenvalue weighted by atomic mass is 35.5. The van der Waals surface area contributed by atoms with Crippen LogP contribution in [0.5, 0.6) is 0 Å². The molecule has 3 aromatic rings. The second-order valence-electron chi connectivity index (χ2n) is 5.64. The van der Waals surface area contributed by atoms with Crippen LogP contribution in [0.4, 0.5) is 10.8 Å². The molecule has 1 heterocycles. The topological polar surface area (TPSA) is 101 Å². The van der Waals surface area contributed by atoms with Gasteiger partial charge in [0, 0.05) is 0 Å². The molecule has 146 valence electrons. The predicted octanol–water partition coefficient (Wildman–Crippen LogP) is 4.27. The molecule has 0 aliphatic rings. The SMILES string of the molecule is CSc1nnc(NC(=O)c2ccc(NS(=O)(=O)c3ccc(C)cc3)cc2Cl)s1. The Morgan fingerprint density at radius 2 is 1.86 bits per heavy atom. The number of amides is 1. The van der Waals surface area contributed by atoms with Gasteiger partial charge in [0.25, 0.3) is 15.9 Å². The van der Waals surface area contributed by atoms with E-state index in [4.69, 9.17) is 11.6 Å². The fourth-order valence-corrected chi connectivity index (χ4v) is 4.68. The van der Waals surface area contributed by atoms with Gasteiger partial charge in [-0.3, -0.25) is 14.8 Å². The van der Waals surface area contributed by atoms with Gasteiger partial charge in [-0.1, -0.05) is 52.4 Å². The Morgan fingerprint density at radius 1 is 1.14 bits per heavy atom. The van der Waals surface area contributed by atoms with E-state index in [1.807, 2.05) is 13.2 Å². The maximum Gasteiger partial charge on any atom is 0.261 e. The number of aryl methyl sites for hydroxylation is 1. The summed E-state index contributed by atoms with van der Waals surface area (Å²) in [4.78, 5) is 12.5. The molecular weight excluding hydrogens is 440 g/mol. The molecule has 2 N–H and O–H groups in total. The monoisotopic (exact) mass is 454 g/mol. The number of carbonyl (C=O) groups excluding carboxylic acids is 1. The van der Waals surface area contributed by atoms with Crippen LogP contribution in [0.15, 0.2) is 51.7 Å². The van der Waals surface area contributed by atoms with Crippen LogP contribution in [0, 0.1) is 6.92 Å². The number of aromatic nitrogens is 2. The molecule has 0 saturated carbocycles. The fraction of sp³-hybridized carbons (Fsp3) is 0.118. The molecule has 1 aromatic heterocycles. The Kier molecular flexibility index (Phi) is 6.23. The Morgan fingerprint density at radius 3 is 2.46 bits per heavy atom. The van der Waals surface area contributed by atoms with Gasteiger partial charge in [0.15, 0.2) is 4.34 Å². The Balaban J connectivity index is 1.76. The van der Waals surface area contributed by atoms with Crippen molar-refractivity contribution in [3.8, 4) is 0 Å². The maximum absolute atomic E-state index is 12.5. The summed E-state index contributed by atoms with van der Waals surface area (Å²) < 4.78 is 28.1. The summed E-state index contributed by atoms with van der Waals surface area (Å²) in [6.07, 6.45) is 1.86. The van der Waals surface area contributed by atoms with Crippen molar-refractivity contribution in [2.45, 2.75) is 16.2 Å². The minimum atomic E-state index is -3.76. The summed E-state index contributed by atoms with van der Waals surface area (Å²) in [5.74, 6) is -0.457. The van der Waals surface area contributed by atoms with Crippen LogP contribution in [0.3, 0.4) is 0 Å². The second kappa shape index (κ2) is 8.48. The van der Waals surface area contributed by atoms with Crippen molar-refractivity contribution in [2.24, 2.45) is 0 Å². The molecule has 0 unspecified atom stereocenters.